The van der Waals surface area contributed by atoms with Gasteiger partial charge in [0.05, 0.1) is 22.1 Å². The number of nitrogens with zero attached hydrogens (tertiary/aromatic N) is 3. The third kappa shape index (κ3) is 2.37. The van der Waals surface area contributed by atoms with Gasteiger partial charge in [0.25, 0.3) is 0 Å². The number of hydrogen-bond donors (Lipinski definition) is 1. The van der Waals surface area contributed by atoms with Crippen molar-refractivity contribution in [2.24, 2.45) is 0 Å². The van der Waals surface area contributed by atoms with E-state index in [-0.39, 0.29) is 0 Å². The van der Waals surface area contributed by atoms with Crippen LogP contribution in [0.5, 0.6) is 0 Å². The first-order valence-corrected chi connectivity index (χ1v) is 6.74. The Balaban J connectivity index is 2.57. The van der Waals surface area contributed by atoms with Crippen molar-refractivity contribution in [3.8, 4) is 5.69 Å². The van der Waals surface area contributed by atoms with Crippen molar-refractivity contribution in [2.75, 3.05) is 5.73 Å². The quantitative estimate of drug-likeness (QED) is 0.892. The molecule has 0 bridgehead atoms. The average molecular weight is 360 g/mol. The third-order valence-electron chi connectivity index (χ3n) is 2.37. The summed E-state index contributed by atoms with van der Waals surface area (Å²) in [4.78, 5) is 4.11. The van der Waals surface area contributed by atoms with Gasteiger partial charge in [-0.15, -0.1) is 0 Å². The van der Waals surface area contributed by atoms with Gasteiger partial charge in [0.1, 0.15) is 5.82 Å². The molecule has 0 aliphatic carbocycles. The summed E-state index contributed by atoms with van der Waals surface area (Å²) < 4.78 is 3.44. The van der Waals surface area contributed by atoms with Crippen LogP contribution in [0.15, 0.2) is 27.4 Å². The summed E-state index contributed by atoms with van der Waals surface area (Å²) in [7, 11) is 0. The van der Waals surface area contributed by atoms with Crippen LogP contribution in [0.3, 0.4) is 0 Å². The standard InChI is InChI=1S/C11H12Br2N4/c1-6(2)10-9(13)11(14)17(16-10)8-3-7(12)4-15-5-8/h3-6H,14H2,1-2H3. The van der Waals surface area contributed by atoms with E-state index in [1.807, 2.05) is 6.07 Å². The van der Waals surface area contributed by atoms with Gasteiger partial charge in [0.15, 0.2) is 0 Å². The highest BCUT2D eigenvalue weighted by Crippen LogP contribution is 2.31. The highest BCUT2D eigenvalue weighted by molar-refractivity contribution is 9.11. The number of nitrogens with two attached hydrogens (primary N) is 1. The SMILES string of the molecule is CC(C)c1nn(-c2cncc(Br)c2)c(N)c1Br. The van der Waals surface area contributed by atoms with Gasteiger partial charge >= 0.3 is 0 Å². The number of pyridine rings is 1. The fraction of sp³-hybridized carbons (Fsp3) is 0.273. The average Bonchev–Trinajstić information content (AvgIpc) is 2.56. The van der Waals surface area contributed by atoms with E-state index in [4.69, 9.17) is 5.73 Å². The van der Waals surface area contributed by atoms with Crippen LogP contribution in [-0.2, 0) is 0 Å². The summed E-state index contributed by atoms with van der Waals surface area (Å²) in [5.74, 6) is 0.904. The van der Waals surface area contributed by atoms with Gasteiger partial charge in [0, 0.05) is 10.7 Å². The molecule has 0 aromatic carbocycles. The van der Waals surface area contributed by atoms with E-state index in [1.54, 1.807) is 17.1 Å². The van der Waals surface area contributed by atoms with Crippen molar-refractivity contribution >= 4 is 37.7 Å². The highest BCUT2D eigenvalue weighted by Gasteiger charge is 2.16. The second kappa shape index (κ2) is 4.78. The molecule has 0 amide bonds. The molecule has 17 heavy (non-hydrogen) atoms. The summed E-state index contributed by atoms with van der Waals surface area (Å²) in [6, 6.07) is 1.92. The maximum Gasteiger partial charge on any atom is 0.141 e. The first-order chi connectivity index (χ1) is 8.00. The fourth-order valence-electron chi connectivity index (χ4n) is 1.51. The molecule has 0 atom stereocenters. The second-order valence-electron chi connectivity index (χ2n) is 4.01. The van der Waals surface area contributed by atoms with E-state index in [9.17, 15) is 0 Å². The maximum atomic E-state index is 6.03. The number of rotatable bonds is 2. The van der Waals surface area contributed by atoms with Crippen molar-refractivity contribution in [2.45, 2.75) is 19.8 Å². The van der Waals surface area contributed by atoms with Gasteiger partial charge in [-0.3, -0.25) is 4.98 Å². The molecule has 90 valence electrons. The zero-order valence-electron chi connectivity index (χ0n) is 9.48. The minimum atomic E-state index is 0.313. The predicted octanol–water partition coefficient (Wildman–Crippen LogP) is 3.50. The minimum absolute atomic E-state index is 0.313. The van der Waals surface area contributed by atoms with Crippen LogP contribution in [0.2, 0.25) is 0 Å². The lowest BCUT2D eigenvalue weighted by molar-refractivity contribution is 0.767. The lowest BCUT2D eigenvalue weighted by Gasteiger charge is -2.03. The molecule has 2 aromatic heterocycles. The lowest BCUT2D eigenvalue weighted by atomic mass is 10.1. The van der Waals surface area contributed by atoms with Crippen LogP contribution in [0.4, 0.5) is 5.82 Å². The molecule has 0 aliphatic heterocycles. The van der Waals surface area contributed by atoms with Gasteiger partial charge in [-0.1, -0.05) is 13.8 Å². The first-order valence-electron chi connectivity index (χ1n) is 5.15. The van der Waals surface area contributed by atoms with Crippen LogP contribution in [-0.4, -0.2) is 14.8 Å². The van der Waals surface area contributed by atoms with Crippen molar-refractivity contribution in [1.82, 2.24) is 14.8 Å². The zero-order chi connectivity index (χ0) is 12.6. The third-order valence-corrected chi connectivity index (χ3v) is 3.61. The number of hydrogen-bond acceptors (Lipinski definition) is 3. The molecular formula is C11H12Br2N4. The molecule has 0 saturated carbocycles. The van der Waals surface area contributed by atoms with E-state index in [1.165, 1.54) is 0 Å². The lowest BCUT2D eigenvalue weighted by Crippen LogP contribution is -2.02. The molecule has 0 spiro atoms. The van der Waals surface area contributed by atoms with Crippen LogP contribution in [0, 0.1) is 0 Å². The molecule has 6 heteroatoms. The minimum Gasteiger partial charge on any atom is -0.383 e. The molecular weight excluding hydrogens is 348 g/mol. The second-order valence-corrected chi connectivity index (χ2v) is 5.72. The monoisotopic (exact) mass is 358 g/mol. The number of nitrogen functional groups attached to an aromatic ring is 1. The van der Waals surface area contributed by atoms with Crippen LogP contribution in [0.25, 0.3) is 5.69 Å². The molecule has 0 fully saturated rings. The number of aromatic nitrogens is 3. The van der Waals surface area contributed by atoms with Crippen LogP contribution >= 0.6 is 31.9 Å². The highest BCUT2D eigenvalue weighted by atomic mass is 79.9. The molecule has 0 radical (unpaired) electrons. The van der Waals surface area contributed by atoms with Crippen molar-refractivity contribution in [1.29, 1.82) is 0 Å². The molecule has 2 heterocycles. The van der Waals surface area contributed by atoms with Crippen molar-refractivity contribution in [3.05, 3.63) is 33.1 Å². The van der Waals surface area contributed by atoms with E-state index in [2.05, 4.69) is 55.8 Å². The van der Waals surface area contributed by atoms with Gasteiger partial charge in [-0.05, 0) is 43.8 Å². The van der Waals surface area contributed by atoms with Crippen molar-refractivity contribution in [3.63, 3.8) is 0 Å². The van der Waals surface area contributed by atoms with E-state index < -0.39 is 0 Å². The topological polar surface area (TPSA) is 56.7 Å². The number of anilines is 1. The summed E-state index contributed by atoms with van der Waals surface area (Å²) in [6.07, 6.45) is 3.45. The summed E-state index contributed by atoms with van der Waals surface area (Å²) in [6.45, 7) is 4.16. The summed E-state index contributed by atoms with van der Waals surface area (Å²) in [5.41, 5.74) is 7.82. The molecule has 0 aliphatic rings. The molecule has 4 nitrogen and oxygen atoms in total. The fourth-order valence-corrected chi connectivity index (χ4v) is 2.57. The Hall–Kier alpha value is -0.880. The molecule has 2 aromatic rings. The normalized spacial score (nSPS) is 11.1. The van der Waals surface area contributed by atoms with Gasteiger partial charge < -0.3 is 5.73 Å². The Labute approximate surface area is 116 Å². The molecule has 0 saturated heterocycles. The predicted molar refractivity (Wildman–Crippen MR) is 75.3 cm³/mol. The van der Waals surface area contributed by atoms with Crippen LogP contribution in [0.1, 0.15) is 25.5 Å². The van der Waals surface area contributed by atoms with Gasteiger partial charge in [-0.2, -0.15) is 5.10 Å². The van der Waals surface area contributed by atoms with Gasteiger partial charge in [0.2, 0.25) is 0 Å². The van der Waals surface area contributed by atoms with Gasteiger partial charge in [-0.25, -0.2) is 4.68 Å². The largest absolute Gasteiger partial charge is 0.383 e. The van der Waals surface area contributed by atoms with Crippen molar-refractivity contribution < 1.29 is 0 Å². The van der Waals surface area contributed by atoms with E-state index in [0.717, 1.165) is 20.3 Å². The number of halogens is 2. The van der Waals surface area contributed by atoms with E-state index in [0.29, 0.717) is 11.7 Å². The molecule has 2 N–H and O–H groups in total. The zero-order valence-corrected chi connectivity index (χ0v) is 12.7. The Morgan fingerprint density at radius 1 is 1.29 bits per heavy atom. The Bertz CT molecular complexity index is 548. The van der Waals surface area contributed by atoms with E-state index >= 15 is 0 Å². The smallest absolute Gasteiger partial charge is 0.141 e. The maximum absolute atomic E-state index is 6.03. The van der Waals surface area contributed by atoms with Crippen LogP contribution < -0.4 is 5.73 Å². The molecule has 2 rings (SSSR count). The summed E-state index contributed by atoms with van der Waals surface area (Å²) >= 11 is 6.86. The summed E-state index contributed by atoms with van der Waals surface area (Å²) in [5, 5.41) is 4.50. The molecule has 0 unspecified atom stereocenters. The Morgan fingerprint density at radius 3 is 2.53 bits per heavy atom. The first kappa shape index (κ1) is 12.6. The Kier molecular flexibility index (Phi) is 3.53. The Morgan fingerprint density at radius 2 is 2.00 bits per heavy atom.